The fraction of sp³-hybridized carbons (Fsp3) is 0.500. The van der Waals surface area contributed by atoms with Crippen molar-refractivity contribution in [3.8, 4) is 5.95 Å². The number of furan rings is 1. The van der Waals surface area contributed by atoms with E-state index in [-0.39, 0.29) is 0 Å². The molecule has 0 bridgehead atoms. The van der Waals surface area contributed by atoms with Crippen LogP contribution in [0.3, 0.4) is 0 Å². The fourth-order valence-electron chi connectivity index (χ4n) is 0.917. The summed E-state index contributed by atoms with van der Waals surface area (Å²) < 4.78 is 14.8. The van der Waals surface area contributed by atoms with Crippen molar-refractivity contribution >= 4 is 8.45 Å². The highest BCUT2D eigenvalue weighted by Crippen LogP contribution is 2.41. The van der Waals surface area contributed by atoms with Crippen LogP contribution in [0.1, 0.15) is 0 Å². The monoisotopic (exact) mass is 202 g/mol. The molecule has 0 N–H and O–H groups in total. The van der Waals surface area contributed by atoms with Crippen LogP contribution in [0.4, 0.5) is 0 Å². The molecule has 0 radical (unpaired) electrons. The molecule has 0 aliphatic heterocycles. The van der Waals surface area contributed by atoms with Crippen molar-refractivity contribution in [1.82, 2.24) is 9.34 Å². The van der Waals surface area contributed by atoms with Crippen molar-refractivity contribution in [1.29, 1.82) is 0 Å². The molecule has 0 amide bonds. The lowest BCUT2D eigenvalue weighted by Crippen LogP contribution is -2.19. The lowest BCUT2D eigenvalue weighted by atomic mass is 10.7. The fourth-order valence-corrected chi connectivity index (χ4v) is 2.22. The second kappa shape index (κ2) is 4.61. The zero-order chi connectivity index (χ0) is 9.84. The van der Waals surface area contributed by atoms with Crippen LogP contribution in [-0.4, -0.2) is 37.5 Å². The minimum atomic E-state index is -0.756. The second-order valence-electron chi connectivity index (χ2n) is 2.97. The van der Waals surface area contributed by atoms with Crippen molar-refractivity contribution in [2.75, 3.05) is 28.2 Å². The molecule has 1 aromatic heterocycles. The Morgan fingerprint density at radius 1 is 1.23 bits per heavy atom. The van der Waals surface area contributed by atoms with Crippen molar-refractivity contribution in [3.63, 3.8) is 0 Å². The molecule has 0 saturated carbocycles. The summed E-state index contributed by atoms with van der Waals surface area (Å²) >= 11 is 0. The zero-order valence-electron chi connectivity index (χ0n) is 8.39. The Labute approximate surface area is 80.0 Å². The van der Waals surface area contributed by atoms with Gasteiger partial charge in [-0.2, -0.15) is 0 Å². The van der Waals surface area contributed by atoms with Gasteiger partial charge in [0.05, 0.1) is 6.26 Å². The van der Waals surface area contributed by atoms with E-state index < -0.39 is 8.45 Å². The number of nitrogens with zero attached hydrogens (tertiary/aromatic N) is 2. The van der Waals surface area contributed by atoms with E-state index >= 15 is 0 Å². The molecule has 5 heteroatoms. The molecule has 1 aromatic rings. The smallest absolute Gasteiger partial charge is 0.289 e. The van der Waals surface area contributed by atoms with Crippen molar-refractivity contribution in [2.45, 2.75) is 0 Å². The topological polar surface area (TPSA) is 28.9 Å². The zero-order valence-corrected chi connectivity index (χ0v) is 9.28. The minimum Gasteiger partial charge on any atom is -0.434 e. The van der Waals surface area contributed by atoms with E-state index in [2.05, 4.69) is 0 Å². The normalized spacial score (nSPS) is 11.6. The molecule has 0 atom stereocenters. The predicted octanol–water partition coefficient (Wildman–Crippen LogP) is 2.01. The molecule has 4 nitrogen and oxygen atoms in total. The van der Waals surface area contributed by atoms with Gasteiger partial charge < -0.3 is 8.94 Å². The van der Waals surface area contributed by atoms with E-state index in [1.54, 1.807) is 6.26 Å². The van der Waals surface area contributed by atoms with Gasteiger partial charge >= 0.3 is 0 Å². The van der Waals surface area contributed by atoms with Gasteiger partial charge in [-0.1, -0.05) is 0 Å². The van der Waals surface area contributed by atoms with Gasteiger partial charge in [-0.25, -0.2) is 9.34 Å². The minimum absolute atomic E-state index is 0.563. The van der Waals surface area contributed by atoms with Gasteiger partial charge in [0.1, 0.15) is 0 Å². The van der Waals surface area contributed by atoms with E-state index in [1.807, 2.05) is 49.7 Å². The van der Waals surface area contributed by atoms with Crippen LogP contribution >= 0.6 is 8.45 Å². The summed E-state index contributed by atoms with van der Waals surface area (Å²) in [5.74, 6) is 0.563. The third-order valence-corrected chi connectivity index (χ3v) is 3.06. The summed E-state index contributed by atoms with van der Waals surface area (Å²) in [6.45, 7) is 0. The summed E-state index contributed by atoms with van der Waals surface area (Å²) in [6.07, 6.45) is 1.61. The van der Waals surface area contributed by atoms with Gasteiger partial charge in [0.15, 0.2) is 0 Å². The average Bonchev–Trinajstić information content (AvgIpc) is 2.50. The largest absolute Gasteiger partial charge is 0.434 e. The standard InChI is InChI=1S/C8H15N2O2P/c1-9(2)13(10(3)4)12-8-6-5-7-11-8/h5-7H,1-4H3. The molecule has 0 aromatic carbocycles. The molecule has 0 saturated heterocycles. The van der Waals surface area contributed by atoms with E-state index in [9.17, 15) is 0 Å². The van der Waals surface area contributed by atoms with Crippen LogP contribution in [0.15, 0.2) is 22.8 Å². The van der Waals surface area contributed by atoms with E-state index in [0.29, 0.717) is 5.95 Å². The maximum atomic E-state index is 5.63. The molecule has 1 rings (SSSR count). The van der Waals surface area contributed by atoms with Gasteiger partial charge in [-0.15, -0.1) is 0 Å². The first-order valence-corrected chi connectivity index (χ1v) is 5.14. The summed E-state index contributed by atoms with van der Waals surface area (Å²) in [4.78, 5) is 0. The highest BCUT2D eigenvalue weighted by molar-refractivity contribution is 7.47. The molecular weight excluding hydrogens is 187 g/mol. The van der Waals surface area contributed by atoms with E-state index in [4.69, 9.17) is 8.94 Å². The first-order valence-electron chi connectivity index (χ1n) is 3.97. The molecular formula is C8H15N2O2P. The molecule has 1 heterocycles. The first-order chi connectivity index (χ1) is 6.11. The van der Waals surface area contributed by atoms with Crippen LogP contribution in [-0.2, 0) is 0 Å². The molecule has 13 heavy (non-hydrogen) atoms. The van der Waals surface area contributed by atoms with Gasteiger partial charge in [-0.05, 0) is 34.3 Å². The quantitative estimate of drug-likeness (QED) is 0.698. The lowest BCUT2D eigenvalue weighted by Gasteiger charge is -2.27. The third-order valence-electron chi connectivity index (χ3n) is 1.35. The Morgan fingerprint density at radius 2 is 1.85 bits per heavy atom. The maximum Gasteiger partial charge on any atom is 0.289 e. The Bertz CT molecular complexity index is 228. The van der Waals surface area contributed by atoms with Crippen molar-refractivity contribution in [3.05, 3.63) is 18.4 Å². The van der Waals surface area contributed by atoms with Crippen LogP contribution in [0.25, 0.3) is 0 Å². The van der Waals surface area contributed by atoms with Gasteiger partial charge in [0, 0.05) is 6.07 Å². The molecule has 0 unspecified atom stereocenters. The lowest BCUT2D eigenvalue weighted by molar-refractivity contribution is 0.365. The third kappa shape index (κ3) is 2.99. The Hall–Kier alpha value is -0.570. The summed E-state index contributed by atoms with van der Waals surface area (Å²) in [7, 11) is 7.17. The summed E-state index contributed by atoms with van der Waals surface area (Å²) in [6, 6.07) is 3.62. The van der Waals surface area contributed by atoms with Crippen LogP contribution in [0, 0.1) is 0 Å². The Kier molecular flexibility index (Phi) is 3.72. The molecule has 0 fully saturated rings. The Balaban J connectivity index is 2.58. The number of hydrogen-bond acceptors (Lipinski definition) is 4. The summed E-state index contributed by atoms with van der Waals surface area (Å²) in [5, 5.41) is 0. The highest BCUT2D eigenvalue weighted by atomic mass is 31.2. The first kappa shape index (κ1) is 10.5. The highest BCUT2D eigenvalue weighted by Gasteiger charge is 2.18. The predicted molar refractivity (Wildman–Crippen MR) is 53.6 cm³/mol. The molecule has 74 valence electrons. The van der Waals surface area contributed by atoms with Gasteiger partial charge in [0.2, 0.25) is 8.45 Å². The Morgan fingerprint density at radius 3 is 2.23 bits per heavy atom. The van der Waals surface area contributed by atoms with Crippen LogP contribution < -0.4 is 4.52 Å². The average molecular weight is 202 g/mol. The van der Waals surface area contributed by atoms with Crippen LogP contribution in [0.2, 0.25) is 0 Å². The van der Waals surface area contributed by atoms with E-state index in [1.165, 1.54) is 0 Å². The maximum absolute atomic E-state index is 5.63. The van der Waals surface area contributed by atoms with Crippen molar-refractivity contribution in [2.24, 2.45) is 0 Å². The van der Waals surface area contributed by atoms with Gasteiger partial charge in [-0.3, -0.25) is 0 Å². The number of rotatable bonds is 4. The molecule has 0 aliphatic rings. The second-order valence-corrected chi connectivity index (χ2v) is 5.26. The van der Waals surface area contributed by atoms with Crippen molar-refractivity contribution < 1.29 is 8.94 Å². The number of hydrogen-bond donors (Lipinski definition) is 0. The summed E-state index contributed by atoms with van der Waals surface area (Å²) in [5.41, 5.74) is 0. The molecule has 0 aliphatic carbocycles. The SMILES string of the molecule is CN(C)P(Oc1ccco1)N(C)C. The van der Waals surface area contributed by atoms with Crippen LogP contribution in [0.5, 0.6) is 5.95 Å². The van der Waals surface area contributed by atoms with Gasteiger partial charge in [0.25, 0.3) is 5.95 Å². The molecule has 0 spiro atoms. The van der Waals surface area contributed by atoms with E-state index in [0.717, 1.165) is 0 Å².